The molecule has 0 aliphatic heterocycles. The quantitative estimate of drug-likeness (QED) is 0.710. The summed E-state index contributed by atoms with van der Waals surface area (Å²) in [6.45, 7) is 7.04. The number of aliphatic carboxylic acids is 1. The molecule has 0 aliphatic carbocycles. The number of thioether (sulfide) groups is 1. The summed E-state index contributed by atoms with van der Waals surface area (Å²) in [4.78, 5) is 22.5. The lowest BCUT2D eigenvalue weighted by Gasteiger charge is -2.06. The van der Waals surface area contributed by atoms with Crippen molar-refractivity contribution >= 4 is 23.6 Å². The van der Waals surface area contributed by atoms with Crippen molar-refractivity contribution in [2.45, 2.75) is 33.7 Å². The molecule has 7 heteroatoms. The van der Waals surface area contributed by atoms with Gasteiger partial charge in [-0.2, -0.15) is 5.10 Å². The number of aryl methyl sites for hydroxylation is 2. The second-order valence-electron chi connectivity index (χ2n) is 4.47. The van der Waals surface area contributed by atoms with Crippen molar-refractivity contribution < 1.29 is 14.7 Å². The molecule has 0 bridgehead atoms. The molecule has 0 spiro atoms. The third-order valence-electron chi connectivity index (χ3n) is 2.80. The summed E-state index contributed by atoms with van der Waals surface area (Å²) in [6, 6.07) is 0. The number of carbonyl (C=O) groups is 2. The largest absolute Gasteiger partial charge is 0.481 e. The van der Waals surface area contributed by atoms with E-state index in [1.54, 1.807) is 0 Å². The Hall–Kier alpha value is -1.50. The Kier molecular flexibility index (Phi) is 6.57. The van der Waals surface area contributed by atoms with E-state index >= 15 is 0 Å². The number of amides is 1. The standard InChI is InChI=1S/C13H21N3O3S/c1-4-6-16-10(3)12(9(2)15-16)13(19)14-5-7-20-8-11(17)18/h4-8H2,1-3H3,(H,14,19)(H,17,18). The van der Waals surface area contributed by atoms with Crippen molar-refractivity contribution in [1.29, 1.82) is 0 Å². The monoisotopic (exact) mass is 299 g/mol. The van der Waals surface area contributed by atoms with Crippen LogP contribution in [0.4, 0.5) is 0 Å². The smallest absolute Gasteiger partial charge is 0.313 e. The van der Waals surface area contributed by atoms with Crippen LogP contribution in [0.25, 0.3) is 0 Å². The van der Waals surface area contributed by atoms with E-state index in [-0.39, 0.29) is 11.7 Å². The lowest BCUT2D eigenvalue weighted by Crippen LogP contribution is -2.27. The van der Waals surface area contributed by atoms with Gasteiger partial charge in [-0.3, -0.25) is 14.3 Å². The molecular weight excluding hydrogens is 278 g/mol. The summed E-state index contributed by atoms with van der Waals surface area (Å²) in [5.74, 6) is -0.339. The van der Waals surface area contributed by atoms with Crippen molar-refractivity contribution in [3.05, 3.63) is 17.0 Å². The van der Waals surface area contributed by atoms with Gasteiger partial charge in [0.2, 0.25) is 0 Å². The summed E-state index contributed by atoms with van der Waals surface area (Å²) in [5.41, 5.74) is 2.23. The SMILES string of the molecule is CCCn1nc(C)c(C(=O)NCCSCC(=O)O)c1C. The minimum absolute atomic E-state index is 0.0579. The molecule has 0 saturated heterocycles. The van der Waals surface area contributed by atoms with Crippen LogP contribution in [0.1, 0.15) is 35.1 Å². The number of hydrogen-bond donors (Lipinski definition) is 2. The summed E-state index contributed by atoms with van der Waals surface area (Å²) in [5, 5.41) is 15.7. The molecule has 0 fully saturated rings. The maximum atomic E-state index is 12.1. The van der Waals surface area contributed by atoms with Crippen LogP contribution in [0, 0.1) is 13.8 Å². The average Bonchev–Trinajstić information content (AvgIpc) is 2.64. The van der Waals surface area contributed by atoms with Gasteiger partial charge in [-0.05, 0) is 20.3 Å². The van der Waals surface area contributed by atoms with Crippen LogP contribution in [-0.2, 0) is 11.3 Å². The van der Waals surface area contributed by atoms with E-state index in [2.05, 4.69) is 17.3 Å². The Balaban J connectivity index is 2.53. The van der Waals surface area contributed by atoms with Gasteiger partial charge in [0, 0.05) is 24.5 Å². The van der Waals surface area contributed by atoms with Gasteiger partial charge >= 0.3 is 5.97 Å². The average molecular weight is 299 g/mol. The highest BCUT2D eigenvalue weighted by Gasteiger charge is 2.17. The van der Waals surface area contributed by atoms with Crippen LogP contribution in [-0.4, -0.2) is 44.8 Å². The van der Waals surface area contributed by atoms with Crippen LogP contribution < -0.4 is 5.32 Å². The minimum Gasteiger partial charge on any atom is -0.481 e. The molecule has 112 valence electrons. The number of rotatable bonds is 8. The summed E-state index contributed by atoms with van der Waals surface area (Å²) < 4.78 is 1.85. The zero-order valence-electron chi connectivity index (χ0n) is 12.1. The number of nitrogens with zero attached hydrogens (tertiary/aromatic N) is 2. The predicted octanol–water partition coefficient (Wildman–Crippen LogP) is 1.46. The van der Waals surface area contributed by atoms with E-state index in [0.717, 1.165) is 24.4 Å². The molecule has 1 aromatic rings. The summed E-state index contributed by atoms with van der Waals surface area (Å²) >= 11 is 1.29. The first-order valence-corrected chi connectivity index (χ1v) is 7.74. The number of nitrogens with one attached hydrogen (secondary N) is 1. The first-order chi connectivity index (χ1) is 9.47. The number of carboxylic acid groups (broad SMARTS) is 1. The fourth-order valence-electron chi connectivity index (χ4n) is 1.94. The van der Waals surface area contributed by atoms with Gasteiger partial charge in [0.05, 0.1) is 17.0 Å². The van der Waals surface area contributed by atoms with Gasteiger partial charge in [0.1, 0.15) is 0 Å². The molecule has 0 radical (unpaired) electrons. The molecule has 20 heavy (non-hydrogen) atoms. The van der Waals surface area contributed by atoms with Gasteiger partial charge in [0.15, 0.2) is 0 Å². The number of aromatic nitrogens is 2. The topological polar surface area (TPSA) is 84.2 Å². The Morgan fingerprint density at radius 2 is 2.10 bits per heavy atom. The summed E-state index contributed by atoms with van der Waals surface area (Å²) in [7, 11) is 0. The summed E-state index contributed by atoms with van der Waals surface area (Å²) in [6.07, 6.45) is 0.967. The molecule has 2 N–H and O–H groups in total. The molecule has 1 amide bonds. The molecule has 0 unspecified atom stereocenters. The molecular formula is C13H21N3O3S. The second-order valence-corrected chi connectivity index (χ2v) is 5.58. The van der Waals surface area contributed by atoms with E-state index in [1.807, 2.05) is 18.5 Å². The minimum atomic E-state index is -0.839. The second kappa shape index (κ2) is 7.94. The third kappa shape index (κ3) is 4.56. The third-order valence-corrected chi connectivity index (χ3v) is 3.75. The maximum absolute atomic E-state index is 12.1. The highest BCUT2D eigenvalue weighted by molar-refractivity contribution is 7.99. The van der Waals surface area contributed by atoms with Crippen LogP contribution in [0.15, 0.2) is 0 Å². The van der Waals surface area contributed by atoms with Crippen molar-refractivity contribution in [3.63, 3.8) is 0 Å². The van der Waals surface area contributed by atoms with Gasteiger partial charge in [-0.25, -0.2) is 0 Å². The molecule has 1 rings (SSSR count). The number of hydrogen-bond acceptors (Lipinski definition) is 4. The van der Waals surface area contributed by atoms with E-state index in [9.17, 15) is 9.59 Å². The predicted molar refractivity (Wildman–Crippen MR) is 79.3 cm³/mol. The van der Waals surface area contributed by atoms with Gasteiger partial charge in [0.25, 0.3) is 5.91 Å². The van der Waals surface area contributed by atoms with Gasteiger partial charge in [-0.15, -0.1) is 11.8 Å². The van der Waals surface area contributed by atoms with Crippen molar-refractivity contribution in [2.24, 2.45) is 0 Å². The fraction of sp³-hybridized carbons (Fsp3) is 0.615. The highest BCUT2D eigenvalue weighted by atomic mass is 32.2. The van der Waals surface area contributed by atoms with E-state index in [4.69, 9.17) is 5.11 Å². The molecule has 1 aromatic heterocycles. The maximum Gasteiger partial charge on any atom is 0.313 e. The van der Waals surface area contributed by atoms with Crippen molar-refractivity contribution in [2.75, 3.05) is 18.1 Å². The lowest BCUT2D eigenvalue weighted by molar-refractivity contribution is -0.133. The highest BCUT2D eigenvalue weighted by Crippen LogP contribution is 2.13. The Bertz CT molecular complexity index is 485. The Labute approximate surface area is 122 Å². The number of carboxylic acids is 1. The van der Waals surface area contributed by atoms with E-state index in [1.165, 1.54) is 11.8 Å². The molecule has 0 saturated carbocycles. The molecule has 1 heterocycles. The lowest BCUT2D eigenvalue weighted by atomic mass is 10.2. The van der Waals surface area contributed by atoms with Crippen LogP contribution >= 0.6 is 11.8 Å². The van der Waals surface area contributed by atoms with Gasteiger partial charge < -0.3 is 10.4 Å². The number of carbonyl (C=O) groups excluding carboxylic acids is 1. The molecule has 0 aromatic carbocycles. The van der Waals surface area contributed by atoms with Crippen molar-refractivity contribution in [3.8, 4) is 0 Å². The molecule has 6 nitrogen and oxygen atoms in total. The van der Waals surface area contributed by atoms with Gasteiger partial charge in [-0.1, -0.05) is 6.92 Å². The van der Waals surface area contributed by atoms with Crippen LogP contribution in [0.3, 0.4) is 0 Å². The van der Waals surface area contributed by atoms with Crippen molar-refractivity contribution in [1.82, 2.24) is 15.1 Å². The first kappa shape index (κ1) is 16.6. The molecule has 0 atom stereocenters. The van der Waals surface area contributed by atoms with E-state index in [0.29, 0.717) is 17.9 Å². The van der Waals surface area contributed by atoms with Crippen LogP contribution in [0.5, 0.6) is 0 Å². The van der Waals surface area contributed by atoms with Crippen LogP contribution in [0.2, 0.25) is 0 Å². The fourth-order valence-corrected chi connectivity index (χ4v) is 2.50. The normalized spacial score (nSPS) is 10.6. The zero-order valence-corrected chi connectivity index (χ0v) is 12.9. The Morgan fingerprint density at radius 1 is 1.40 bits per heavy atom. The van der Waals surface area contributed by atoms with E-state index < -0.39 is 5.97 Å². The Morgan fingerprint density at radius 3 is 2.70 bits per heavy atom. The first-order valence-electron chi connectivity index (χ1n) is 6.59. The molecule has 0 aliphatic rings. The zero-order chi connectivity index (χ0) is 15.1.